The van der Waals surface area contributed by atoms with Crippen LogP contribution in [0.25, 0.3) is 6.08 Å². The molecule has 2 aromatic carbocycles. The smallest absolute Gasteiger partial charge is 0.267 e. The third-order valence-corrected chi connectivity index (χ3v) is 3.39. The predicted octanol–water partition coefficient (Wildman–Crippen LogP) is 3.61. The molecule has 2 N–H and O–H groups in total. The van der Waals surface area contributed by atoms with Gasteiger partial charge in [-0.3, -0.25) is 10.0 Å². The van der Waals surface area contributed by atoms with Crippen molar-refractivity contribution in [1.29, 1.82) is 0 Å². The van der Waals surface area contributed by atoms with E-state index in [2.05, 4.69) is 24.3 Å². The number of aryl methyl sites for hydroxylation is 1. The number of hydroxylamine groups is 1. The highest BCUT2D eigenvalue weighted by Crippen LogP contribution is 2.14. The molecule has 120 valence electrons. The van der Waals surface area contributed by atoms with Crippen molar-refractivity contribution in [1.82, 2.24) is 5.48 Å². The van der Waals surface area contributed by atoms with Gasteiger partial charge in [-0.15, -0.1) is 0 Å². The van der Waals surface area contributed by atoms with Crippen LogP contribution in [-0.4, -0.2) is 17.7 Å². The Morgan fingerprint density at radius 3 is 2.48 bits per heavy atom. The second-order valence-corrected chi connectivity index (χ2v) is 5.17. The Bertz CT molecular complexity index is 621. The second kappa shape index (κ2) is 9.43. The summed E-state index contributed by atoms with van der Waals surface area (Å²) in [5, 5.41) is 8.40. The number of nitrogens with one attached hydrogen (secondary N) is 1. The molecule has 0 heterocycles. The summed E-state index contributed by atoms with van der Waals surface area (Å²) >= 11 is 0. The number of benzene rings is 2. The number of carbonyl (C=O) groups excluding carboxylic acids is 1. The first-order chi connectivity index (χ1) is 11.3. The first-order valence-corrected chi connectivity index (χ1v) is 7.67. The van der Waals surface area contributed by atoms with Crippen LogP contribution in [0.15, 0.2) is 60.7 Å². The fraction of sp³-hybridized carbons (Fsp3) is 0.211. The maximum atomic E-state index is 10.9. The Labute approximate surface area is 136 Å². The van der Waals surface area contributed by atoms with Crippen molar-refractivity contribution in [2.45, 2.75) is 19.3 Å². The number of ether oxygens (including phenoxy) is 1. The summed E-state index contributed by atoms with van der Waals surface area (Å²) in [4.78, 5) is 10.9. The molecular formula is C19H21NO3. The summed E-state index contributed by atoms with van der Waals surface area (Å²) in [5.74, 6) is 0.261. The van der Waals surface area contributed by atoms with Crippen molar-refractivity contribution in [3.63, 3.8) is 0 Å². The van der Waals surface area contributed by atoms with E-state index >= 15 is 0 Å². The van der Waals surface area contributed by atoms with Crippen LogP contribution in [0.4, 0.5) is 0 Å². The van der Waals surface area contributed by atoms with Gasteiger partial charge in [0.25, 0.3) is 5.91 Å². The number of hydrogen-bond acceptors (Lipinski definition) is 3. The van der Waals surface area contributed by atoms with Gasteiger partial charge in [0.1, 0.15) is 5.75 Å². The fourth-order valence-electron chi connectivity index (χ4n) is 2.15. The summed E-state index contributed by atoms with van der Waals surface area (Å²) < 4.78 is 5.70. The van der Waals surface area contributed by atoms with E-state index in [4.69, 9.17) is 9.94 Å². The van der Waals surface area contributed by atoms with Crippen molar-refractivity contribution in [3.8, 4) is 5.75 Å². The van der Waals surface area contributed by atoms with E-state index in [1.54, 1.807) is 11.6 Å². The molecule has 0 saturated carbocycles. The molecule has 0 unspecified atom stereocenters. The molecule has 0 fully saturated rings. The number of hydrogen-bond donors (Lipinski definition) is 2. The van der Waals surface area contributed by atoms with Crippen molar-refractivity contribution in [2.75, 3.05) is 6.61 Å². The summed E-state index contributed by atoms with van der Waals surface area (Å²) in [5.41, 5.74) is 3.77. The van der Waals surface area contributed by atoms with Crippen LogP contribution >= 0.6 is 0 Å². The maximum absolute atomic E-state index is 10.9. The van der Waals surface area contributed by atoms with E-state index in [-0.39, 0.29) is 0 Å². The minimum absolute atomic E-state index is 0.552. The van der Waals surface area contributed by atoms with Crippen LogP contribution < -0.4 is 10.2 Å². The third kappa shape index (κ3) is 6.36. The highest BCUT2D eigenvalue weighted by atomic mass is 16.5. The first kappa shape index (κ1) is 16.8. The normalized spacial score (nSPS) is 10.7. The van der Waals surface area contributed by atoms with Crippen LogP contribution in [0.5, 0.6) is 5.75 Å². The Balaban J connectivity index is 1.68. The molecule has 2 rings (SSSR count). The lowest BCUT2D eigenvalue weighted by Gasteiger charge is -2.06. The largest absolute Gasteiger partial charge is 0.494 e. The van der Waals surface area contributed by atoms with Crippen molar-refractivity contribution >= 4 is 12.0 Å². The molecule has 0 aliphatic rings. The SMILES string of the molecule is O=C(/C=C/c1ccc(OCCCCc2ccccc2)cc1)NO. The van der Waals surface area contributed by atoms with E-state index in [1.807, 2.05) is 30.3 Å². The van der Waals surface area contributed by atoms with Gasteiger partial charge < -0.3 is 4.74 Å². The lowest BCUT2D eigenvalue weighted by molar-refractivity contribution is -0.124. The lowest BCUT2D eigenvalue weighted by atomic mass is 10.1. The third-order valence-electron chi connectivity index (χ3n) is 3.39. The van der Waals surface area contributed by atoms with Gasteiger partial charge in [0.05, 0.1) is 6.61 Å². The molecule has 0 radical (unpaired) electrons. The zero-order chi connectivity index (χ0) is 16.3. The van der Waals surface area contributed by atoms with Crippen LogP contribution in [0.3, 0.4) is 0 Å². The number of amides is 1. The van der Waals surface area contributed by atoms with E-state index in [0.717, 1.165) is 30.6 Å². The minimum atomic E-state index is -0.552. The molecule has 1 amide bonds. The molecule has 4 nitrogen and oxygen atoms in total. The van der Waals surface area contributed by atoms with Gasteiger partial charge in [-0.25, -0.2) is 5.48 Å². The molecule has 23 heavy (non-hydrogen) atoms. The van der Waals surface area contributed by atoms with Gasteiger partial charge >= 0.3 is 0 Å². The van der Waals surface area contributed by atoms with Crippen molar-refractivity contribution < 1.29 is 14.7 Å². The first-order valence-electron chi connectivity index (χ1n) is 7.67. The Morgan fingerprint density at radius 2 is 1.78 bits per heavy atom. The van der Waals surface area contributed by atoms with Crippen molar-refractivity contribution in [2.24, 2.45) is 0 Å². The van der Waals surface area contributed by atoms with Gasteiger partial charge in [-0.1, -0.05) is 42.5 Å². The zero-order valence-electron chi connectivity index (χ0n) is 12.9. The van der Waals surface area contributed by atoms with Crippen LogP contribution in [-0.2, 0) is 11.2 Å². The number of rotatable bonds is 8. The molecule has 0 bridgehead atoms. The molecule has 0 aliphatic heterocycles. The Kier molecular flexibility index (Phi) is 6.88. The summed E-state index contributed by atoms with van der Waals surface area (Å²) in [6.07, 6.45) is 6.06. The fourth-order valence-corrected chi connectivity index (χ4v) is 2.15. The summed E-state index contributed by atoms with van der Waals surface area (Å²) in [6.45, 7) is 0.689. The van der Waals surface area contributed by atoms with E-state index in [1.165, 1.54) is 11.6 Å². The topological polar surface area (TPSA) is 58.6 Å². The van der Waals surface area contributed by atoms with Gasteiger partial charge in [-0.05, 0) is 48.6 Å². The molecule has 2 aromatic rings. The van der Waals surface area contributed by atoms with E-state index in [9.17, 15) is 4.79 Å². The quantitative estimate of drug-likeness (QED) is 0.339. The van der Waals surface area contributed by atoms with E-state index in [0.29, 0.717) is 6.61 Å². The van der Waals surface area contributed by atoms with Gasteiger partial charge in [0.2, 0.25) is 0 Å². The van der Waals surface area contributed by atoms with Gasteiger partial charge in [-0.2, -0.15) is 0 Å². The molecule has 0 atom stereocenters. The predicted molar refractivity (Wildman–Crippen MR) is 90.3 cm³/mol. The average Bonchev–Trinajstić information content (AvgIpc) is 2.61. The number of unbranched alkanes of at least 4 members (excludes halogenated alkanes) is 1. The molecule has 0 aromatic heterocycles. The standard InChI is InChI=1S/C19H21NO3/c21-19(20-22)14-11-17-9-12-18(13-10-17)23-15-5-4-8-16-6-2-1-3-7-16/h1-3,6-7,9-14,22H,4-5,8,15H2,(H,20,21)/b14-11+. The van der Waals surface area contributed by atoms with Gasteiger partial charge in [0.15, 0.2) is 0 Å². The summed E-state index contributed by atoms with van der Waals surface area (Å²) in [6, 6.07) is 17.9. The van der Waals surface area contributed by atoms with Crippen LogP contribution in [0, 0.1) is 0 Å². The second-order valence-electron chi connectivity index (χ2n) is 5.17. The molecule has 0 aliphatic carbocycles. The Morgan fingerprint density at radius 1 is 1.04 bits per heavy atom. The highest BCUT2D eigenvalue weighted by molar-refractivity contribution is 5.90. The number of carbonyl (C=O) groups is 1. The van der Waals surface area contributed by atoms with Crippen LogP contribution in [0.1, 0.15) is 24.0 Å². The molecular weight excluding hydrogens is 290 g/mol. The lowest BCUT2D eigenvalue weighted by Crippen LogP contribution is -2.14. The summed E-state index contributed by atoms with van der Waals surface area (Å²) in [7, 11) is 0. The van der Waals surface area contributed by atoms with Crippen LogP contribution in [0.2, 0.25) is 0 Å². The monoisotopic (exact) mass is 311 g/mol. The zero-order valence-corrected chi connectivity index (χ0v) is 12.9. The molecule has 0 saturated heterocycles. The van der Waals surface area contributed by atoms with E-state index < -0.39 is 5.91 Å². The minimum Gasteiger partial charge on any atom is -0.494 e. The maximum Gasteiger partial charge on any atom is 0.267 e. The van der Waals surface area contributed by atoms with Gasteiger partial charge in [0, 0.05) is 6.08 Å². The Hall–Kier alpha value is -2.59. The molecule has 0 spiro atoms. The highest BCUT2D eigenvalue weighted by Gasteiger charge is 1.96. The van der Waals surface area contributed by atoms with Crippen molar-refractivity contribution in [3.05, 3.63) is 71.8 Å². The average molecular weight is 311 g/mol. The molecule has 4 heteroatoms.